The number of nitriles is 1. The molecule has 0 fully saturated rings. The first-order valence-electron chi connectivity index (χ1n) is 2.73. The number of hydrogen-bond donors (Lipinski definition) is 1. The molecule has 5 heteroatoms. The Kier molecular flexibility index (Phi) is 1.97. The average Bonchev–Trinajstić information content (AvgIpc) is 2.38. The highest BCUT2D eigenvalue weighted by molar-refractivity contribution is 4.90. The standard InChI is InChI=1S/C5H6N4O/c6-2-1-4(7)5-8-3-9-10-5/h3-4H,1,7H2/t4-/m0/s1. The number of nitrogens with zero attached hydrogens (tertiary/aromatic N) is 3. The molecule has 1 heterocycles. The summed E-state index contributed by atoms with van der Waals surface area (Å²) in [5.41, 5.74) is 5.43. The molecule has 0 spiro atoms. The summed E-state index contributed by atoms with van der Waals surface area (Å²) in [5, 5.41) is 11.6. The predicted molar refractivity (Wildman–Crippen MR) is 31.5 cm³/mol. The van der Waals surface area contributed by atoms with E-state index in [2.05, 4.69) is 14.7 Å². The number of hydrogen-bond acceptors (Lipinski definition) is 5. The van der Waals surface area contributed by atoms with Gasteiger partial charge in [-0.05, 0) is 0 Å². The van der Waals surface area contributed by atoms with Crippen molar-refractivity contribution in [1.82, 2.24) is 10.1 Å². The van der Waals surface area contributed by atoms with Crippen molar-refractivity contribution in [1.29, 1.82) is 5.26 Å². The van der Waals surface area contributed by atoms with Crippen molar-refractivity contribution in [3.05, 3.63) is 12.2 Å². The highest BCUT2D eigenvalue weighted by Crippen LogP contribution is 2.07. The van der Waals surface area contributed by atoms with Crippen LogP contribution in [0.5, 0.6) is 0 Å². The molecule has 0 bridgehead atoms. The first-order valence-corrected chi connectivity index (χ1v) is 2.73. The maximum absolute atomic E-state index is 8.22. The molecule has 1 atom stereocenters. The van der Waals surface area contributed by atoms with E-state index in [4.69, 9.17) is 11.0 Å². The minimum atomic E-state index is -0.451. The van der Waals surface area contributed by atoms with Crippen molar-refractivity contribution in [2.75, 3.05) is 0 Å². The van der Waals surface area contributed by atoms with Crippen molar-refractivity contribution in [2.24, 2.45) is 5.73 Å². The summed E-state index contributed by atoms with van der Waals surface area (Å²) in [6, 6.07) is 1.45. The van der Waals surface area contributed by atoms with Gasteiger partial charge in [0.1, 0.15) is 0 Å². The molecule has 0 aliphatic rings. The van der Waals surface area contributed by atoms with E-state index in [0.29, 0.717) is 5.89 Å². The van der Waals surface area contributed by atoms with Crippen molar-refractivity contribution in [3.63, 3.8) is 0 Å². The Labute approximate surface area is 57.4 Å². The molecule has 0 aromatic carbocycles. The van der Waals surface area contributed by atoms with Gasteiger partial charge in [-0.3, -0.25) is 0 Å². The van der Waals surface area contributed by atoms with Crippen LogP contribution in [0.3, 0.4) is 0 Å². The van der Waals surface area contributed by atoms with E-state index in [9.17, 15) is 0 Å². The minimum absolute atomic E-state index is 0.197. The van der Waals surface area contributed by atoms with Gasteiger partial charge >= 0.3 is 0 Å². The monoisotopic (exact) mass is 138 g/mol. The predicted octanol–water partition coefficient (Wildman–Crippen LogP) is -0.0169. The zero-order valence-corrected chi connectivity index (χ0v) is 5.19. The summed E-state index contributed by atoms with van der Waals surface area (Å²) in [4.78, 5) is 3.68. The first-order chi connectivity index (χ1) is 4.84. The summed E-state index contributed by atoms with van der Waals surface area (Å²) in [5.74, 6) is 0.307. The third-order valence-corrected chi connectivity index (χ3v) is 1.01. The van der Waals surface area contributed by atoms with Crippen molar-refractivity contribution < 1.29 is 4.52 Å². The van der Waals surface area contributed by atoms with Crippen LogP contribution in [-0.2, 0) is 0 Å². The highest BCUT2D eigenvalue weighted by atomic mass is 16.5. The van der Waals surface area contributed by atoms with Crippen LogP contribution in [0.1, 0.15) is 18.4 Å². The maximum Gasteiger partial charge on any atom is 0.244 e. The van der Waals surface area contributed by atoms with E-state index < -0.39 is 6.04 Å². The fourth-order valence-electron chi connectivity index (χ4n) is 0.531. The topological polar surface area (TPSA) is 88.7 Å². The van der Waals surface area contributed by atoms with Crippen LogP contribution in [0.15, 0.2) is 10.9 Å². The minimum Gasteiger partial charge on any atom is -0.338 e. The molecule has 0 radical (unpaired) electrons. The Morgan fingerprint density at radius 3 is 3.20 bits per heavy atom. The Balaban J connectivity index is 2.61. The molecule has 0 saturated carbocycles. The fourth-order valence-corrected chi connectivity index (χ4v) is 0.531. The Hall–Kier alpha value is -1.41. The molecule has 2 N–H and O–H groups in total. The molecule has 5 nitrogen and oxygen atoms in total. The van der Waals surface area contributed by atoms with Crippen molar-refractivity contribution >= 4 is 0 Å². The van der Waals surface area contributed by atoms with Gasteiger partial charge in [-0.25, -0.2) is 0 Å². The van der Waals surface area contributed by atoms with Crippen LogP contribution < -0.4 is 5.73 Å². The van der Waals surface area contributed by atoms with Gasteiger partial charge < -0.3 is 10.3 Å². The van der Waals surface area contributed by atoms with Crippen LogP contribution in [0, 0.1) is 11.3 Å². The van der Waals surface area contributed by atoms with E-state index in [1.807, 2.05) is 6.07 Å². The fraction of sp³-hybridized carbons (Fsp3) is 0.400. The molecule has 0 unspecified atom stereocenters. The third kappa shape index (κ3) is 1.30. The molecule has 52 valence electrons. The molecule has 1 aromatic rings. The van der Waals surface area contributed by atoms with Crippen molar-refractivity contribution in [2.45, 2.75) is 12.5 Å². The van der Waals surface area contributed by atoms with E-state index in [1.165, 1.54) is 6.33 Å². The second-order valence-corrected chi connectivity index (χ2v) is 1.75. The van der Waals surface area contributed by atoms with E-state index in [-0.39, 0.29) is 6.42 Å². The Morgan fingerprint density at radius 1 is 1.90 bits per heavy atom. The lowest BCUT2D eigenvalue weighted by Crippen LogP contribution is -2.09. The van der Waals surface area contributed by atoms with Gasteiger partial charge in [0.2, 0.25) is 5.89 Å². The van der Waals surface area contributed by atoms with Crippen LogP contribution in [0.4, 0.5) is 0 Å². The van der Waals surface area contributed by atoms with Gasteiger partial charge in [-0.1, -0.05) is 5.16 Å². The summed E-state index contributed by atoms with van der Waals surface area (Å²) in [6.45, 7) is 0. The molecule has 0 saturated heterocycles. The summed E-state index contributed by atoms with van der Waals surface area (Å²) >= 11 is 0. The molecular weight excluding hydrogens is 132 g/mol. The van der Waals surface area contributed by atoms with Gasteiger partial charge in [-0.2, -0.15) is 10.2 Å². The van der Waals surface area contributed by atoms with Crippen molar-refractivity contribution in [3.8, 4) is 6.07 Å². The molecule has 0 aliphatic heterocycles. The van der Waals surface area contributed by atoms with Crippen LogP contribution in [-0.4, -0.2) is 10.1 Å². The first kappa shape index (κ1) is 6.71. The molecule has 10 heavy (non-hydrogen) atoms. The quantitative estimate of drug-likeness (QED) is 0.620. The van der Waals surface area contributed by atoms with Crippen LogP contribution in [0.25, 0.3) is 0 Å². The van der Waals surface area contributed by atoms with E-state index in [0.717, 1.165) is 0 Å². The number of rotatable bonds is 2. The zero-order chi connectivity index (χ0) is 7.40. The summed E-state index contributed by atoms with van der Waals surface area (Å²) in [6.07, 6.45) is 1.45. The average molecular weight is 138 g/mol. The summed E-state index contributed by atoms with van der Waals surface area (Å²) in [7, 11) is 0. The van der Waals surface area contributed by atoms with Gasteiger partial charge in [0.15, 0.2) is 6.33 Å². The Morgan fingerprint density at radius 2 is 2.70 bits per heavy atom. The maximum atomic E-state index is 8.22. The lowest BCUT2D eigenvalue weighted by molar-refractivity contribution is 0.355. The molecule has 1 aromatic heterocycles. The summed E-state index contributed by atoms with van der Waals surface area (Å²) < 4.78 is 4.61. The number of nitrogens with two attached hydrogens (primary N) is 1. The lowest BCUT2D eigenvalue weighted by Gasteiger charge is -1.96. The lowest BCUT2D eigenvalue weighted by atomic mass is 10.2. The molecule has 0 amide bonds. The van der Waals surface area contributed by atoms with Crippen LogP contribution in [0.2, 0.25) is 0 Å². The largest absolute Gasteiger partial charge is 0.338 e. The second-order valence-electron chi connectivity index (χ2n) is 1.75. The Bertz CT molecular complexity index is 224. The van der Waals surface area contributed by atoms with Crippen LogP contribution >= 0.6 is 0 Å². The van der Waals surface area contributed by atoms with Gasteiger partial charge in [0, 0.05) is 0 Å². The normalized spacial score (nSPS) is 12.4. The molecule has 1 rings (SSSR count). The third-order valence-electron chi connectivity index (χ3n) is 1.01. The second kappa shape index (κ2) is 2.94. The van der Waals surface area contributed by atoms with Gasteiger partial charge in [0.05, 0.1) is 18.5 Å². The highest BCUT2D eigenvalue weighted by Gasteiger charge is 2.09. The molecule has 0 aliphatic carbocycles. The smallest absolute Gasteiger partial charge is 0.244 e. The van der Waals surface area contributed by atoms with E-state index >= 15 is 0 Å². The number of aromatic nitrogens is 2. The molecular formula is C5H6N4O. The van der Waals surface area contributed by atoms with Gasteiger partial charge in [-0.15, -0.1) is 0 Å². The SMILES string of the molecule is N#CC[C@H](N)c1ncno1. The van der Waals surface area contributed by atoms with Gasteiger partial charge in [0.25, 0.3) is 0 Å². The van der Waals surface area contributed by atoms with E-state index in [1.54, 1.807) is 0 Å². The zero-order valence-electron chi connectivity index (χ0n) is 5.19.